The number of carbonyl (C=O) groups excluding carboxylic acids is 1. The number of thiocarbonyl (C=S) groups is 1. The molecule has 1 aliphatic heterocycles. The molecule has 0 aromatic heterocycles. The molecule has 0 bridgehead atoms. The minimum atomic E-state index is 0.244. The summed E-state index contributed by atoms with van der Waals surface area (Å²) in [6.45, 7) is 5.47. The number of rotatable bonds is 1. The lowest BCUT2D eigenvalue weighted by Crippen LogP contribution is -2.43. The van der Waals surface area contributed by atoms with Gasteiger partial charge in [-0.05, 0) is 12.8 Å². The van der Waals surface area contributed by atoms with Crippen LogP contribution >= 0.6 is 12.2 Å². The Bertz CT molecular complexity index is 191. The molecule has 0 aromatic carbocycles. The van der Waals surface area contributed by atoms with Crippen LogP contribution in [0.1, 0.15) is 20.3 Å². The summed E-state index contributed by atoms with van der Waals surface area (Å²) in [7, 11) is 0. The lowest BCUT2D eigenvalue weighted by atomic mass is 9.98. The Morgan fingerprint density at radius 3 is 2.91 bits per heavy atom. The highest BCUT2D eigenvalue weighted by Crippen LogP contribution is 2.15. The predicted octanol–water partition coefficient (Wildman–Crippen LogP) is 1.24. The summed E-state index contributed by atoms with van der Waals surface area (Å²) in [4.78, 5) is 14.1. The second-order valence-electron chi connectivity index (χ2n) is 2.98. The molecule has 1 saturated heterocycles. The van der Waals surface area contributed by atoms with Crippen LogP contribution in [0.15, 0.2) is 0 Å². The summed E-state index contributed by atoms with van der Waals surface area (Å²) >= 11 is 5.13. The van der Waals surface area contributed by atoms with Crippen molar-refractivity contribution >= 4 is 23.0 Å². The zero-order chi connectivity index (χ0) is 8.43. The quantitative estimate of drug-likeness (QED) is 0.553. The molecule has 0 saturated carbocycles. The van der Waals surface area contributed by atoms with E-state index in [1.165, 1.54) is 0 Å². The van der Waals surface area contributed by atoms with Crippen LogP contribution < -0.4 is 0 Å². The number of nitrogens with zero attached hydrogens (tertiary/aromatic N) is 1. The number of amides is 1. The fraction of sp³-hybridized carbons (Fsp3) is 0.750. The van der Waals surface area contributed by atoms with Crippen LogP contribution in [0.5, 0.6) is 0 Å². The zero-order valence-corrected chi connectivity index (χ0v) is 7.78. The lowest BCUT2D eigenvalue weighted by Gasteiger charge is -2.29. The smallest absolute Gasteiger partial charge is 0.223 e. The van der Waals surface area contributed by atoms with Crippen LogP contribution in [-0.4, -0.2) is 28.8 Å². The van der Waals surface area contributed by atoms with E-state index in [1.54, 1.807) is 0 Å². The van der Waals surface area contributed by atoms with Crippen molar-refractivity contribution in [3.63, 3.8) is 0 Å². The normalized spacial score (nSPS) is 26.0. The SMILES string of the molecule is CCN1CC(=S)C(C)CC1=O. The maximum atomic E-state index is 11.2. The van der Waals surface area contributed by atoms with Gasteiger partial charge in [0.2, 0.25) is 5.91 Å². The Morgan fingerprint density at radius 1 is 1.73 bits per heavy atom. The molecular weight excluding hydrogens is 158 g/mol. The molecule has 1 atom stereocenters. The fourth-order valence-electron chi connectivity index (χ4n) is 1.23. The van der Waals surface area contributed by atoms with E-state index in [9.17, 15) is 4.79 Å². The van der Waals surface area contributed by atoms with Gasteiger partial charge in [-0.15, -0.1) is 0 Å². The fourth-order valence-corrected chi connectivity index (χ4v) is 1.46. The van der Waals surface area contributed by atoms with Gasteiger partial charge in [-0.2, -0.15) is 0 Å². The lowest BCUT2D eigenvalue weighted by molar-refractivity contribution is -0.131. The van der Waals surface area contributed by atoms with Gasteiger partial charge >= 0.3 is 0 Å². The van der Waals surface area contributed by atoms with Crippen molar-refractivity contribution in [2.75, 3.05) is 13.1 Å². The number of carbonyl (C=O) groups is 1. The Hall–Kier alpha value is -0.440. The molecule has 0 aromatic rings. The molecule has 1 aliphatic rings. The van der Waals surface area contributed by atoms with E-state index >= 15 is 0 Å². The molecule has 3 heteroatoms. The van der Waals surface area contributed by atoms with E-state index in [4.69, 9.17) is 12.2 Å². The molecule has 1 unspecified atom stereocenters. The van der Waals surface area contributed by atoms with Crippen LogP contribution in [0.4, 0.5) is 0 Å². The van der Waals surface area contributed by atoms with Gasteiger partial charge in [0.15, 0.2) is 0 Å². The summed E-state index contributed by atoms with van der Waals surface area (Å²) in [6.07, 6.45) is 0.604. The Kier molecular flexibility index (Phi) is 2.60. The second-order valence-corrected chi connectivity index (χ2v) is 3.50. The van der Waals surface area contributed by atoms with Crippen molar-refractivity contribution in [2.45, 2.75) is 20.3 Å². The Morgan fingerprint density at radius 2 is 2.36 bits per heavy atom. The van der Waals surface area contributed by atoms with Crippen molar-refractivity contribution in [1.29, 1.82) is 0 Å². The first-order valence-electron chi connectivity index (χ1n) is 3.95. The summed E-state index contributed by atoms with van der Waals surface area (Å²) in [5.74, 6) is 0.550. The molecule has 1 heterocycles. The molecule has 62 valence electrons. The summed E-state index contributed by atoms with van der Waals surface area (Å²) in [5, 5.41) is 0. The van der Waals surface area contributed by atoms with E-state index in [0.717, 1.165) is 11.4 Å². The summed E-state index contributed by atoms with van der Waals surface area (Å²) in [6, 6.07) is 0. The first-order chi connectivity index (χ1) is 5.15. The van der Waals surface area contributed by atoms with Gasteiger partial charge in [0.1, 0.15) is 0 Å². The van der Waals surface area contributed by atoms with E-state index in [1.807, 2.05) is 18.7 Å². The maximum Gasteiger partial charge on any atom is 0.223 e. The first-order valence-corrected chi connectivity index (χ1v) is 4.36. The molecule has 1 rings (SSSR count). The van der Waals surface area contributed by atoms with Gasteiger partial charge in [0, 0.05) is 17.8 Å². The molecular formula is C8H13NOS. The van der Waals surface area contributed by atoms with Crippen LogP contribution in [0.3, 0.4) is 0 Å². The Balaban J connectivity index is 2.62. The van der Waals surface area contributed by atoms with Crippen LogP contribution in [-0.2, 0) is 4.79 Å². The minimum Gasteiger partial charge on any atom is -0.338 e. The maximum absolute atomic E-state index is 11.2. The van der Waals surface area contributed by atoms with Crippen molar-refractivity contribution in [2.24, 2.45) is 5.92 Å². The van der Waals surface area contributed by atoms with Crippen molar-refractivity contribution < 1.29 is 4.79 Å². The standard InChI is InChI=1S/C8H13NOS/c1-3-9-5-7(11)6(2)4-8(9)10/h6H,3-5H2,1-2H3. The van der Waals surface area contributed by atoms with Crippen LogP contribution in [0, 0.1) is 5.92 Å². The minimum absolute atomic E-state index is 0.244. The molecule has 0 spiro atoms. The van der Waals surface area contributed by atoms with Gasteiger partial charge in [0.05, 0.1) is 6.54 Å². The van der Waals surface area contributed by atoms with Gasteiger partial charge in [-0.25, -0.2) is 0 Å². The van der Waals surface area contributed by atoms with E-state index in [0.29, 0.717) is 18.9 Å². The largest absolute Gasteiger partial charge is 0.338 e. The molecule has 0 radical (unpaired) electrons. The predicted molar refractivity (Wildman–Crippen MR) is 48.6 cm³/mol. The summed E-state index contributed by atoms with van der Waals surface area (Å²) in [5.41, 5.74) is 0. The van der Waals surface area contributed by atoms with Gasteiger partial charge in [0.25, 0.3) is 0 Å². The second kappa shape index (κ2) is 3.30. The van der Waals surface area contributed by atoms with Crippen molar-refractivity contribution in [1.82, 2.24) is 4.90 Å². The van der Waals surface area contributed by atoms with Crippen LogP contribution in [0.25, 0.3) is 0 Å². The molecule has 0 aliphatic carbocycles. The monoisotopic (exact) mass is 171 g/mol. The molecule has 11 heavy (non-hydrogen) atoms. The average molecular weight is 171 g/mol. The summed E-state index contributed by atoms with van der Waals surface area (Å²) < 4.78 is 0. The number of likely N-dealkylation sites (tertiary alicyclic amines) is 1. The third-order valence-corrected chi connectivity index (χ3v) is 2.64. The highest BCUT2D eigenvalue weighted by molar-refractivity contribution is 7.80. The zero-order valence-electron chi connectivity index (χ0n) is 6.96. The topological polar surface area (TPSA) is 20.3 Å². The number of hydrogen-bond donors (Lipinski definition) is 0. The highest BCUT2D eigenvalue weighted by atomic mass is 32.1. The number of hydrogen-bond acceptors (Lipinski definition) is 2. The van der Waals surface area contributed by atoms with E-state index in [2.05, 4.69) is 0 Å². The average Bonchev–Trinajstić information content (AvgIpc) is 1.97. The van der Waals surface area contributed by atoms with E-state index < -0.39 is 0 Å². The highest BCUT2D eigenvalue weighted by Gasteiger charge is 2.25. The van der Waals surface area contributed by atoms with Gasteiger partial charge in [-0.3, -0.25) is 4.79 Å². The first kappa shape index (κ1) is 8.65. The van der Waals surface area contributed by atoms with Crippen LogP contribution in [0.2, 0.25) is 0 Å². The molecule has 1 amide bonds. The third kappa shape index (κ3) is 1.77. The Labute approximate surface area is 72.6 Å². The van der Waals surface area contributed by atoms with Crippen molar-refractivity contribution in [3.8, 4) is 0 Å². The van der Waals surface area contributed by atoms with Gasteiger partial charge < -0.3 is 4.90 Å². The van der Waals surface area contributed by atoms with Crippen molar-refractivity contribution in [3.05, 3.63) is 0 Å². The number of piperidine rings is 1. The molecule has 0 N–H and O–H groups in total. The third-order valence-electron chi connectivity index (χ3n) is 2.11. The molecule has 1 fully saturated rings. The molecule has 2 nitrogen and oxygen atoms in total. The van der Waals surface area contributed by atoms with Gasteiger partial charge in [-0.1, -0.05) is 19.1 Å². The van der Waals surface area contributed by atoms with E-state index in [-0.39, 0.29) is 5.91 Å².